The molecule has 0 aromatic carbocycles. The topological polar surface area (TPSA) is 0 Å². The molecule has 0 unspecified atom stereocenters. The van der Waals surface area contributed by atoms with Crippen molar-refractivity contribution in [3.8, 4) is 0 Å². The quantitative estimate of drug-likeness (QED) is 0.411. The summed E-state index contributed by atoms with van der Waals surface area (Å²) in [5.41, 5.74) is 0. The first-order chi connectivity index (χ1) is 4.00. The second-order valence-electron chi connectivity index (χ2n) is 1.46. The summed E-state index contributed by atoms with van der Waals surface area (Å²) in [4.78, 5) is 0. The lowest BCUT2D eigenvalue weighted by molar-refractivity contribution is 1.76. The van der Waals surface area contributed by atoms with Crippen LogP contribution in [0.5, 0.6) is 0 Å². The molecule has 0 aromatic rings. The molecule has 0 atom stereocenters. The van der Waals surface area contributed by atoms with Gasteiger partial charge in [0.2, 0.25) is 0 Å². The van der Waals surface area contributed by atoms with Gasteiger partial charge in [0.05, 0.1) is 0 Å². The van der Waals surface area contributed by atoms with Gasteiger partial charge in [0.15, 0.2) is 0 Å². The van der Waals surface area contributed by atoms with Crippen molar-refractivity contribution < 1.29 is 0 Å². The predicted molar refractivity (Wildman–Crippen MR) is 35.2 cm³/mol. The fourth-order valence-electron chi connectivity index (χ4n) is 0.470. The van der Waals surface area contributed by atoms with Crippen LogP contribution in [0.15, 0.2) is 42.5 Å². The van der Waals surface area contributed by atoms with Gasteiger partial charge in [-0.25, -0.2) is 0 Å². The van der Waals surface area contributed by atoms with Crippen LogP contribution >= 0.6 is 0 Å². The minimum absolute atomic E-state index is 1.88. The standard InChI is InChI=1S/C8H7/c1-2-4-6-8-7-5-3-1/h1-7H/q+1/b2-1-,3-1?,4-2?,5-3-,6-4?,7-5?. The van der Waals surface area contributed by atoms with E-state index in [0.29, 0.717) is 0 Å². The molecule has 0 bridgehead atoms. The van der Waals surface area contributed by atoms with E-state index in [1.807, 2.05) is 42.5 Å². The van der Waals surface area contributed by atoms with Crippen LogP contribution in [-0.4, -0.2) is 0 Å². The summed E-state index contributed by atoms with van der Waals surface area (Å²) >= 11 is 0. The zero-order valence-electron chi connectivity index (χ0n) is 4.54. The lowest BCUT2D eigenvalue weighted by Gasteiger charge is -1.68. The Bertz CT molecular complexity index is 101. The number of allylic oxidation sites excluding steroid dienone is 8. The van der Waals surface area contributed by atoms with Crippen LogP contribution in [0.3, 0.4) is 0 Å². The molecule has 0 aromatic heterocycles. The Kier molecular flexibility index (Phi) is 1.85. The molecule has 0 aliphatic heterocycles. The largest absolute Gasteiger partial charge is 0.101 e. The van der Waals surface area contributed by atoms with Crippen molar-refractivity contribution in [2.24, 2.45) is 0 Å². The Morgan fingerprint density at radius 1 is 0.750 bits per heavy atom. The highest BCUT2D eigenvalue weighted by Crippen LogP contribution is 1.86. The summed E-state index contributed by atoms with van der Waals surface area (Å²) in [7, 11) is 0. The maximum Gasteiger partial charge on any atom is 0.101 e. The van der Waals surface area contributed by atoms with Crippen LogP contribution < -0.4 is 0 Å². The maximum atomic E-state index is 2.94. The van der Waals surface area contributed by atoms with Crippen molar-refractivity contribution in [1.82, 2.24) is 0 Å². The molecule has 8 heavy (non-hydrogen) atoms. The molecule has 0 radical (unpaired) electrons. The van der Waals surface area contributed by atoms with Crippen LogP contribution in [0, 0.1) is 6.08 Å². The molecule has 1 rings (SSSR count). The molecule has 0 fully saturated rings. The van der Waals surface area contributed by atoms with E-state index < -0.39 is 0 Å². The molecule has 0 heteroatoms. The molecule has 1 aliphatic rings. The normalized spacial score (nSPS) is 23.0. The van der Waals surface area contributed by atoms with Gasteiger partial charge < -0.3 is 0 Å². The summed E-state index contributed by atoms with van der Waals surface area (Å²) < 4.78 is 0. The third kappa shape index (κ3) is 1.55. The van der Waals surface area contributed by atoms with E-state index in [-0.39, 0.29) is 0 Å². The van der Waals surface area contributed by atoms with Gasteiger partial charge in [-0.3, -0.25) is 0 Å². The number of rotatable bonds is 0. The van der Waals surface area contributed by atoms with Crippen molar-refractivity contribution in [2.45, 2.75) is 0 Å². The summed E-state index contributed by atoms with van der Waals surface area (Å²) in [6.07, 6.45) is 16.5. The first kappa shape index (κ1) is 5.02. The summed E-state index contributed by atoms with van der Waals surface area (Å²) in [6, 6.07) is 0. The number of hydrogen-bond acceptors (Lipinski definition) is 0. The molecule has 0 nitrogen and oxygen atoms in total. The van der Waals surface area contributed by atoms with Crippen LogP contribution in [0.2, 0.25) is 0 Å². The third-order valence-corrected chi connectivity index (χ3v) is 0.829. The Hall–Kier alpha value is -1.13. The summed E-state index contributed by atoms with van der Waals surface area (Å²) in [5, 5.41) is 0. The monoisotopic (exact) mass is 103 g/mol. The molecule has 0 spiro atoms. The van der Waals surface area contributed by atoms with E-state index in [0.717, 1.165) is 0 Å². The van der Waals surface area contributed by atoms with Gasteiger partial charge >= 0.3 is 0 Å². The minimum atomic E-state index is 1.88. The van der Waals surface area contributed by atoms with Gasteiger partial charge in [0.25, 0.3) is 0 Å². The SMILES string of the molecule is [C+]1=C/C=C\C=C/C=C1. The average Bonchev–Trinajstić information content (AvgIpc) is 1.62. The highest BCUT2D eigenvalue weighted by molar-refractivity contribution is 5.20. The van der Waals surface area contributed by atoms with Gasteiger partial charge in [-0.05, 0) is 18.2 Å². The highest BCUT2D eigenvalue weighted by Gasteiger charge is 1.75. The van der Waals surface area contributed by atoms with Crippen LogP contribution in [0.25, 0.3) is 0 Å². The molecule has 0 amide bonds. The summed E-state index contributed by atoms with van der Waals surface area (Å²) in [6.45, 7) is 0. The van der Waals surface area contributed by atoms with E-state index in [9.17, 15) is 0 Å². The smallest absolute Gasteiger partial charge is 0.0357 e. The lowest BCUT2D eigenvalue weighted by Crippen LogP contribution is -1.56. The minimum Gasteiger partial charge on any atom is -0.0357 e. The van der Waals surface area contributed by atoms with Crippen molar-refractivity contribution in [2.75, 3.05) is 0 Å². The average molecular weight is 103 g/mol. The van der Waals surface area contributed by atoms with Crippen LogP contribution in [0.1, 0.15) is 0 Å². The molecule has 0 saturated heterocycles. The van der Waals surface area contributed by atoms with Crippen molar-refractivity contribution >= 4 is 0 Å². The Balaban J connectivity index is 2.67. The molecule has 0 heterocycles. The highest BCUT2D eigenvalue weighted by atomic mass is 13.7. The van der Waals surface area contributed by atoms with Gasteiger partial charge in [-0.1, -0.05) is 0 Å². The van der Waals surface area contributed by atoms with E-state index >= 15 is 0 Å². The molecular weight excluding hydrogens is 96.1 g/mol. The van der Waals surface area contributed by atoms with Crippen LogP contribution in [0.4, 0.5) is 0 Å². The van der Waals surface area contributed by atoms with Gasteiger partial charge in [0.1, 0.15) is 12.2 Å². The molecule has 38 valence electrons. The first-order valence-corrected chi connectivity index (χ1v) is 2.58. The predicted octanol–water partition coefficient (Wildman–Crippen LogP) is 2.03. The van der Waals surface area contributed by atoms with E-state index in [1.165, 1.54) is 0 Å². The fourth-order valence-corrected chi connectivity index (χ4v) is 0.470. The Morgan fingerprint density at radius 2 is 1.50 bits per heavy atom. The Morgan fingerprint density at radius 3 is 2.50 bits per heavy atom. The maximum absolute atomic E-state index is 2.94. The molecular formula is C8H7+. The second kappa shape index (κ2) is 2.95. The molecule has 1 aliphatic carbocycles. The lowest BCUT2D eigenvalue weighted by atomic mass is 10.3. The van der Waals surface area contributed by atoms with Crippen LogP contribution in [-0.2, 0) is 0 Å². The van der Waals surface area contributed by atoms with Gasteiger partial charge in [-0.2, -0.15) is 0 Å². The van der Waals surface area contributed by atoms with Crippen molar-refractivity contribution in [3.63, 3.8) is 0 Å². The van der Waals surface area contributed by atoms with Crippen molar-refractivity contribution in [1.29, 1.82) is 0 Å². The van der Waals surface area contributed by atoms with Gasteiger partial charge in [0, 0.05) is 18.2 Å². The zero-order valence-corrected chi connectivity index (χ0v) is 4.54. The van der Waals surface area contributed by atoms with E-state index in [4.69, 9.17) is 0 Å². The number of hydrogen-bond donors (Lipinski definition) is 0. The zero-order chi connectivity index (χ0) is 5.66. The van der Waals surface area contributed by atoms with E-state index in [2.05, 4.69) is 6.08 Å². The third-order valence-electron chi connectivity index (χ3n) is 0.829. The van der Waals surface area contributed by atoms with E-state index in [1.54, 1.807) is 0 Å². The molecule has 0 saturated carbocycles. The second-order valence-corrected chi connectivity index (χ2v) is 1.46. The molecule has 0 N–H and O–H groups in total. The summed E-state index contributed by atoms with van der Waals surface area (Å²) in [5.74, 6) is 0. The van der Waals surface area contributed by atoms with Gasteiger partial charge in [-0.15, -0.1) is 0 Å². The Labute approximate surface area is 49.5 Å². The first-order valence-electron chi connectivity index (χ1n) is 2.58. The van der Waals surface area contributed by atoms with Crippen molar-refractivity contribution in [3.05, 3.63) is 48.6 Å². The fraction of sp³-hybridized carbons (Fsp3) is 0.